The Bertz CT molecular complexity index is 1470. The Hall–Kier alpha value is -2.85. The van der Waals surface area contributed by atoms with Gasteiger partial charge in [-0.15, -0.1) is 0 Å². The summed E-state index contributed by atoms with van der Waals surface area (Å²) in [6, 6.07) is 14.6. The lowest BCUT2D eigenvalue weighted by atomic mass is 10.1. The highest BCUT2D eigenvalue weighted by atomic mass is 35.5. The Morgan fingerprint density at radius 3 is 2.17 bits per heavy atom. The molecule has 3 rings (SSSR count). The van der Waals surface area contributed by atoms with Gasteiger partial charge in [-0.25, -0.2) is 12.8 Å². The van der Waals surface area contributed by atoms with E-state index in [4.69, 9.17) is 34.8 Å². The third kappa shape index (κ3) is 7.66. The molecule has 40 heavy (non-hydrogen) atoms. The molecular weight excluding hydrogens is 600 g/mol. The summed E-state index contributed by atoms with van der Waals surface area (Å²) in [6.45, 7) is 4.59. The summed E-state index contributed by atoms with van der Waals surface area (Å²) in [6.07, 6.45) is 0.249. The van der Waals surface area contributed by atoms with Gasteiger partial charge in [0.1, 0.15) is 18.4 Å². The summed E-state index contributed by atoms with van der Waals surface area (Å²) in [7, 11) is -4.30. The number of rotatable bonds is 11. The number of benzene rings is 3. The number of amides is 2. The fourth-order valence-corrected chi connectivity index (χ4v) is 5.95. The van der Waals surface area contributed by atoms with Crippen molar-refractivity contribution in [2.75, 3.05) is 10.8 Å². The van der Waals surface area contributed by atoms with Crippen LogP contribution in [0, 0.1) is 5.82 Å². The molecule has 1 unspecified atom stereocenters. The molecule has 0 bridgehead atoms. The second-order valence-electron chi connectivity index (χ2n) is 9.28. The number of carbonyl (C=O) groups is 2. The number of anilines is 1. The maximum absolute atomic E-state index is 14.0. The fourth-order valence-electron chi connectivity index (χ4n) is 4.02. The summed E-state index contributed by atoms with van der Waals surface area (Å²) in [5.41, 5.74) is 0.568. The number of nitrogens with zero attached hydrogens (tertiary/aromatic N) is 2. The van der Waals surface area contributed by atoms with Gasteiger partial charge in [0.2, 0.25) is 11.8 Å². The maximum Gasteiger partial charge on any atom is 0.264 e. The summed E-state index contributed by atoms with van der Waals surface area (Å²) in [4.78, 5) is 28.4. The quantitative estimate of drug-likeness (QED) is 0.270. The van der Waals surface area contributed by atoms with Gasteiger partial charge in [-0.1, -0.05) is 66.0 Å². The van der Waals surface area contributed by atoms with Gasteiger partial charge in [0.15, 0.2) is 0 Å². The number of nitrogens with one attached hydrogen (secondary N) is 1. The summed E-state index contributed by atoms with van der Waals surface area (Å²) in [5.74, 6) is -1.81. The van der Waals surface area contributed by atoms with E-state index < -0.39 is 40.2 Å². The lowest BCUT2D eigenvalue weighted by Gasteiger charge is -2.33. The molecule has 1 atom stereocenters. The number of carbonyl (C=O) groups excluding carboxylic acids is 2. The molecule has 2 amide bonds. The van der Waals surface area contributed by atoms with E-state index in [9.17, 15) is 22.4 Å². The number of sulfonamides is 1. The van der Waals surface area contributed by atoms with Crippen LogP contribution in [-0.2, 0) is 26.2 Å². The molecule has 0 aliphatic heterocycles. The van der Waals surface area contributed by atoms with Crippen LogP contribution in [0.25, 0.3) is 0 Å². The van der Waals surface area contributed by atoms with Gasteiger partial charge in [-0.2, -0.15) is 0 Å². The SMILES string of the molecule is CCC(C(=O)NC(C)C)N(Cc1ccc(Cl)c(Cl)c1)C(=O)CN(c1ccc(F)c(Cl)c1)S(=O)(=O)c1ccccc1. The second kappa shape index (κ2) is 13.7. The van der Waals surface area contributed by atoms with E-state index in [0.717, 1.165) is 16.4 Å². The molecule has 0 aromatic heterocycles. The van der Waals surface area contributed by atoms with Crippen LogP contribution >= 0.6 is 34.8 Å². The van der Waals surface area contributed by atoms with Crippen LogP contribution in [0.4, 0.5) is 10.1 Å². The highest BCUT2D eigenvalue weighted by Crippen LogP contribution is 2.29. The van der Waals surface area contributed by atoms with Gasteiger partial charge < -0.3 is 10.2 Å². The molecule has 0 aliphatic rings. The van der Waals surface area contributed by atoms with E-state index in [1.54, 1.807) is 57.2 Å². The van der Waals surface area contributed by atoms with E-state index in [0.29, 0.717) is 10.6 Å². The van der Waals surface area contributed by atoms with Crippen LogP contribution < -0.4 is 9.62 Å². The Kier molecular flexibility index (Phi) is 10.8. The van der Waals surface area contributed by atoms with Gasteiger partial charge >= 0.3 is 0 Å². The van der Waals surface area contributed by atoms with Crippen molar-refractivity contribution in [3.63, 3.8) is 0 Å². The Morgan fingerprint density at radius 2 is 1.60 bits per heavy atom. The first kappa shape index (κ1) is 31.7. The van der Waals surface area contributed by atoms with E-state index in [1.807, 2.05) is 0 Å². The zero-order chi connectivity index (χ0) is 29.6. The standard InChI is InChI=1S/C28H29Cl3FN3O4S/c1-4-26(28(37)33-18(2)3)34(16-19-10-12-22(29)23(30)14-19)27(36)17-35(20-11-13-25(32)24(31)15-20)40(38,39)21-8-6-5-7-9-21/h5-15,18,26H,4,16-17H2,1-3H3,(H,33,37). The first-order valence-electron chi connectivity index (χ1n) is 12.4. The fraction of sp³-hybridized carbons (Fsp3) is 0.286. The Morgan fingerprint density at radius 1 is 0.925 bits per heavy atom. The largest absolute Gasteiger partial charge is 0.352 e. The molecule has 3 aromatic rings. The van der Waals surface area contributed by atoms with Gasteiger partial charge in [-0.3, -0.25) is 13.9 Å². The average Bonchev–Trinajstić information content (AvgIpc) is 2.90. The molecular formula is C28H29Cl3FN3O4S. The molecule has 3 aromatic carbocycles. The van der Waals surface area contributed by atoms with Crippen molar-refractivity contribution in [2.45, 2.75) is 50.7 Å². The minimum atomic E-state index is -4.30. The highest BCUT2D eigenvalue weighted by molar-refractivity contribution is 7.92. The molecule has 0 radical (unpaired) electrons. The van der Waals surface area contributed by atoms with E-state index >= 15 is 0 Å². The Balaban J connectivity index is 2.09. The minimum Gasteiger partial charge on any atom is -0.352 e. The third-order valence-corrected chi connectivity index (χ3v) is 8.77. The Labute approximate surface area is 248 Å². The second-order valence-corrected chi connectivity index (χ2v) is 12.4. The van der Waals surface area contributed by atoms with Crippen molar-refractivity contribution in [3.8, 4) is 0 Å². The molecule has 12 heteroatoms. The van der Waals surface area contributed by atoms with Crippen LogP contribution in [0.5, 0.6) is 0 Å². The van der Waals surface area contributed by atoms with Crippen molar-refractivity contribution < 1.29 is 22.4 Å². The minimum absolute atomic E-state index is 0.0160. The zero-order valence-electron chi connectivity index (χ0n) is 22.1. The highest BCUT2D eigenvalue weighted by Gasteiger charge is 2.34. The zero-order valence-corrected chi connectivity index (χ0v) is 25.2. The van der Waals surface area contributed by atoms with Crippen molar-refractivity contribution in [3.05, 3.63) is 93.2 Å². The molecule has 0 spiro atoms. The van der Waals surface area contributed by atoms with Crippen LogP contribution in [-0.4, -0.2) is 43.8 Å². The van der Waals surface area contributed by atoms with Gasteiger partial charge in [0, 0.05) is 12.6 Å². The molecule has 7 nitrogen and oxygen atoms in total. The molecule has 0 saturated heterocycles. The van der Waals surface area contributed by atoms with Crippen molar-refractivity contribution in [1.82, 2.24) is 10.2 Å². The van der Waals surface area contributed by atoms with Gasteiger partial charge in [-0.05, 0) is 68.3 Å². The lowest BCUT2D eigenvalue weighted by Crippen LogP contribution is -2.53. The smallest absolute Gasteiger partial charge is 0.264 e. The monoisotopic (exact) mass is 627 g/mol. The van der Waals surface area contributed by atoms with Crippen LogP contribution in [0.1, 0.15) is 32.8 Å². The molecule has 0 heterocycles. The van der Waals surface area contributed by atoms with Crippen molar-refractivity contribution >= 4 is 62.3 Å². The maximum atomic E-state index is 14.0. The third-order valence-electron chi connectivity index (χ3n) is 5.96. The van der Waals surface area contributed by atoms with E-state index in [2.05, 4.69) is 5.32 Å². The van der Waals surface area contributed by atoms with E-state index in [-0.39, 0.29) is 39.6 Å². The van der Waals surface area contributed by atoms with Gasteiger partial charge in [0.05, 0.1) is 25.7 Å². The molecule has 214 valence electrons. The summed E-state index contributed by atoms with van der Waals surface area (Å²) >= 11 is 18.2. The number of halogens is 4. The topological polar surface area (TPSA) is 86.8 Å². The first-order valence-corrected chi connectivity index (χ1v) is 15.0. The molecule has 1 N–H and O–H groups in total. The predicted octanol–water partition coefficient (Wildman–Crippen LogP) is 6.31. The summed E-state index contributed by atoms with van der Waals surface area (Å²) in [5, 5.41) is 3.09. The van der Waals surface area contributed by atoms with Crippen molar-refractivity contribution in [2.24, 2.45) is 0 Å². The summed E-state index contributed by atoms with van der Waals surface area (Å²) < 4.78 is 42.3. The molecule has 0 fully saturated rings. The van der Waals surface area contributed by atoms with Crippen LogP contribution in [0.15, 0.2) is 71.6 Å². The van der Waals surface area contributed by atoms with Gasteiger partial charge in [0.25, 0.3) is 10.0 Å². The predicted molar refractivity (Wildman–Crippen MR) is 157 cm³/mol. The normalized spacial score (nSPS) is 12.2. The van der Waals surface area contributed by atoms with Crippen LogP contribution in [0.3, 0.4) is 0 Å². The van der Waals surface area contributed by atoms with Crippen molar-refractivity contribution in [1.29, 1.82) is 0 Å². The number of hydrogen-bond acceptors (Lipinski definition) is 4. The number of hydrogen-bond donors (Lipinski definition) is 1. The molecule has 0 saturated carbocycles. The molecule has 0 aliphatic carbocycles. The lowest BCUT2D eigenvalue weighted by molar-refractivity contribution is -0.140. The first-order chi connectivity index (χ1) is 18.8. The van der Waals surface area contributed by atoms with E-state index in [1.165, 1.54) is 23.1 Å². The van der Waals surface area contributed by atoms with Crippen LogP contribution in [0.2, 0.25) is 15.1 Å². The average molecular weight is 629 g/mol.